The third-order valence-electron chi connectivity index (χ3n) is 3.01. The van der Waals surface area contributed by atoms with Crippen molar-refractivity contribution in [3.05, 3.63) is 70.8 Å². The molecule has 0 bridgehead atoms. The minimum atomic E-state index is -0.495. The Balaban J connectivity index is 0.000000235. The molecule has 112 valence electrons. The number of hydrogen-bond acceptors (Lipinski definition) is 0. The predicted molar refractivity (Wildman–Crippen MR) is 101 cm³/mol. The SMILES string of the molecule is C#Cc1ccc(C)cc1.Cc1ccc(C#CC[SiH](C)C)cc1. The normalized spacial score (nSPS) is 9.09. The van der Waals surface area contributed by atoms with Gasteiger partial charge in [0.15, 0.2) is 0 Å². The van der Waals surface area contributed by atoms with E-state index in [4.69, 9.17) is 6.42 Å². The van der Waals surface area contributed by atoms with Crippen molar-refractivity contribution in [1.29, 1.82) is 0 Å². The molecule has 0 fully saturated rings. The minimum Gasteiger partial charge on any atom is -0.115 e. The van der Waals surface area contributed by atoms with Gasteiger partial charge in [-0.15, -0.1) is 12.3 Å². The van der Waals surface area contributed by atoms with Crippen LogP contribution in [0.4, 0.5) is 0 Å². The van der Waals surface area contributed by atoms with Crippen molar-refractivity contribution in [3.8, 4) is 24.2 Å². The second-order valence-electron chi connectivity index (χ2n) is 5.78. The zero-order valence-corrected chi connectivity index (χ0v) is 15.1. The lowest BCUT2D eigenvalue weighted by atomic mass is 10.2. The summed E-state index contributed by atoms with van der Waals surface area (Å²) in [5.74, 6) is 8.97. The van der Waals surface area contributed by atoms with Crippen LogP contribution in [0.1, 0.15) is 22.3 Å². The summed E-state index contributed by atoms with van der Waals surface area (Å²) >= 11 is 0. The lowest BCUT2D eigenvalue weighted by Gasteiger charge is -1.93. The molecule has 0 N–H and O–H groups in total. The van der Waals surface area contributed by atoms with Crippen molar-refractivity contribution >= 4 is 8.80 Å². The van der Waals surface area contributed by atoms with Crippen LogP contribution in [-0.4, -0.2) is 8.80 Å². The van der Waals surface area contributed by atoms with Crippen molar-refractivity contribution < 1.29 is 0 Å². The average Bonchev–Trinajstić information content (AvgIpc) is 2.50. The highest BCUT2D eigenvalue weighted by Gasteiger charge is 1.89. The topological polar surface area (TPSA) is 0 Å². The predicted octanol–water partition coefficient (Wildman–Crippen LogP) is 4.81. The maximum Gasteiger partial charge on any atom is 0.0443 e. The molecule has 0 amide bonds. The second kappa shape index (κ2) is 9.67. The quantitative estimate of drug-likeness (QED) is 0.524. The van der Waals surface area contributed by atoms with E-state index in [1.165, 1.54) is 11.1 Å². The first kappa shape index (κ1) is 17.8. The van der Waals surface area contributed by atoms with E-state index in [1.54, 1.807) is 0 Å². The van der Waals surface area contributed by atoms with Gasteiger partial charge in [0.1, 0.15) is 0 Å². The lowest BCUT2D eigenvalue weighted by Crippen LogP contribution is -1.95. The molecule has 0 aliphatic heterocycles. The van der Waals surface area contributed by atoms with Crippen LogP contribution in [0, 0.1) is 38.0 Å². The van der Waals surface area contributed by atoms with Gasteiger partial charge in [-0.1, -0.05) is 60.3 Å². The van der Waals surface area contributed by atoms with Gasteiger partial charge in [0.05, 0.1) is 0 Å². The van der Waals surface area contributed by atoms with Gasteiger partial charge in [-0.05, 0) is 38.1 Å². The molecule has 2 aromatic carbocycles. The zero-order chi connectivity index (χ0) is 16.4. The molecule has 0 aliphatic carbocycles. The number of rotatable bonds is 1. The molecular weight excluding hydrogens is 280 g/mol. The van der Waals surface area contributed by atoms with Gasteiger partial charge < -0.3 is 0 Å². The number of aryl methyl sites for hydroxylation is 2. The highest BCUT2D eigenvalue weighted by Crippen LogP contribution is 2.01. The molecule has 0 spiro atoms. The fraction of sp³-hybridized carbons (Fsp3) is 0.238. The number of terminal acetylenes is 1. The first-order valence-electron chi connectivity index (χ1n) is 7.60. The zero-order valence-electron chi connectivity index (χ0n) is 14.0. The summed E-state index contributed by atoms with van der Waals surface area (Å²) in [6.45, 7) is 8.78. The summed E-state index contributed by atoms with van der Waals surface area (Å²) in [7, 11) is -0.495. The van der Waals surface area contributed by atoms with Crippen LogP contribution in [0.3, 0.4) is 0 Å². The molecule has 0 unspecified atom stereocenters. The van der Waals surface area contributed by atoms with E-state index in [2.05, 4.69) is 62.0 Å². The summed E-state index contributed by atoms with van der Waals surface area (Å²) in [5, 5.41) is 0. The van der Waals surface area contributed by atoms with Gasteiger partial charge >= 0.3 is 0 Å². The average molecular weight is 305 g/mol. The van der Waals surface area contributed by atoms with Gasteiger partial charge in [-0.25, -0.2) is 0 Å². The minimum absolute atomic E-state index is 0.495. The Morgan fingerprint density at radius 1 is 0.818 bits per heavy atom. The summed E-state index contributed by atoms with van der Waals surface area (Å²) in [5.41, 5.74) is 4.62. The van der Waals surface area contributed by atoms with E-state index in [0.29, 0.717) is 0 Å². The Bertz CT molecular complexity index is 659. The molecule has 0 atom stereocenters. The van der Waals surface area contributed by atoms with E-state index in [0.717, 1.165) is 17.2 Å². The number of hydrogen-bond donors (Lipinski definition) is 0. The van der Waals surface area contributed by atoms with Crippen LogP contribution in [-0.2, 0) is 0 Å². The summed E-state index contributed by atoms with van der Waals surface area (Å²) in [6, 6.07) is 17.4. The molecule has 2 rings (SSSR count). The van der Waals surface area contributed by atoms with Crippen LogP contribution in [0.2, 0.25) is 19.1 Å². The van der Waals surface area contributed by atoms with E-state index < -0.39 is 8.80 Å². The van der Waals surface area contributed by atoms with Gasteiger partial charge in [-0.3, -0.25) is 0 Å². The number of benzene rings is 2. The molecule has 0 saturated heterocycles. The Kier molecular flexibility index (Phi) is 7.83. The maximum atomic E-state index is 5.15. The van der Waals surface area contributed by atoms with Gasteiger partial charge in [0, 0.05) is 26.0 Å². The highest BCUT2D eigenvalue weighted by molar-refractivity contribution is 6.56. The van der Waals surface area contributed by atoms with Crippen LogP contribution >= 0.6 is 0 Å². The van der Waals surface area contributed by atoms with Crippen molar-refractivity contribution in [1.82, 2.24) is 0 Å². The smallest absolute Gasteiger partial charge is 0.0443 e. The Labute approximate surface area is 137 Å². The van der Waals surface area contributed by atoms with Crippen LogP contribution in [0.15, 0.2) is 48.5 Å². The van der Waals surface area contributed by atoms with Crippen molar-refractivity contribution in [2.45, 2.75) is 33.0 Å². The molecule has 0 saturated carbocycles. The Morgan fingerprint density at radius 2 is 1.27 bits per heavy atom. The van der Waals surface area contributed by atoms with E-state index >= 15 is 0 Å². The summed E-state index contributed by atoms with van der Waals surface area (Å²) in [6.07, 6.45) is 5.15. The maximum absolute atomic E-state index is 5.15. The fourth-order valence-corrected chi connectivity index (χ4v) is 2.15. The summed E-state index contributed by atoms with van der Waals surface area (Å²) in [4.78, 5) is 0. The largest absolute Gasteiger partial charge is 0.115 e. The molecule has 0 radical (unpaired) electrons. The molecule has 22 heavy (non-hydrogen) atoms. The van der Waals surface area contributed by atoms with Gasteiger partial charge in [-0.2, -0.15) is 0 Å². The Morgan fingerprint density at radius 3 is 1.68 bits per heavy atom. The third-order valence-corrected chi connectivity index (χ3v) is 4.03. The molecule has 1 heteroatoms. The lowest BCUT2D eigenvalue weighted by molar-refractivity contribution is 1.46. The monoisotopic (exact) mass is 304 g/mol. The molecule has 0 aliphatic rings. The summed E-state index contributed by atoms with van der Waals surface area (Å²) < 4.78 is 0. The molecule has 0 nitrogen and oxygen atoms in total. The Hall–Kier alpha value is -2.22. The first-order valence-corrected chi connectivity index (χ1v) is 10.7. The van der Waals surface area contributed by atoms with Crippen molar-refractivity contribution in [2.24, 2.45) is 0 Å². The van der Waals surface area contributed by atoms with Crippen molar-refractivity contribution in [3.63, 3.8) is 0 Å². The standard InChI is InChI=1S/C12H16Si.C9H8/c1-11-6-8-12(9-7-11)5-4-10-13(2)3;1-3-9-6-4-8(2)5-7-9/h6-9,13H,10H2,1-3H3;1,4-7H,2H3. The molecule has 0 aromatic heterocycles. The van der Waals surface area contributed by atoms with Crippen LogP contribution in [0.5, 0.6) is 0 Å². The molecule has 0 heterocycles. The second-order valence-corrected chi connectivity index (χ2v) is 8.97. The fourth-order valence-electron chi connectivity index (χ4n) is 1.64. The molecule has 2 aromatic rings. The van der Waals surface area contributed by atoms with Crippen LogP contribution < -0.4 is 0 Å². The van der Waals surface area contributed by atoms with Gasteiger partial charge in [0.25, 0.3) is 0 Å². The first-order chi connectivity index (χ1) is 10.5. The van der Waals surface area contributed by atoms with Crippen molar-refractivity contribution in [2.75, 3.05) is 0 Å². The van der Waals surface area contributed by atoms with E-state index in [9.17, 15) is 0 Å². The van der Waals surface area contributed by atoms with Gasteiger partial charge in [0.2, 0.25) is 0 Å². The molecular formula is C21H24Si. The van der Waals surface area contributed by atoms with E-state index in [1.807, 2.05) is 31.2 Å². The van der Waals surface area contributed by atoms with E-state index in [-0.39, 0.29) is 0 Å². The third kappa shape index (κ3) is 7.53. The highest BCUT2D eigenvalue weighted by atomic mass is 28.3. The van der Waals surface area contributed by atoms with Crippen LogP contribution in [0.25, 0.3) is 0 Å².